The molecular weight excluding hydrogens is 228 g/mol. The first kappa shape index (κ1) is 14.5. The molecule has 0 saturated carbocycles. The molecule has 100 valence electrons. The molecule has 1 aromatic rings. The van der Waals surface area contributed by atoms with Gasteiger partial charge in [-0.3, -0.25) is 4.79 Å². The lowest BCUT2D eigenvalue weighted by Crippen LogP contribution is -2.48. The van der Waals surface area contributed by atoms with Gasteiger partial charge in [-0.15, -0.1) is 0 Å². The summed E-state index contributed by atoms with van der Waals surface area (Å²) in [6.45, 7) is 6.57. The van der Waals surface area contributed by atoms with Gasteiger partial charge in [-0.25, -0.2) is 0 Å². The second-order valence-electron chi connectivity index (χ2n) is 5.36. The van der Waals surface area contributed by atoms with E-state index in [0.717, 1.165) is 0 Å². The van der Waals surface area contributed by atoms with E-state index in [1.807, 2.05) is 0 Å². The van der Waals surface area contributed by atoms with Crippen LogP contribution in [0.15, 0.2) is 24.3 Å². The first-order chi connectivity index (χ1) is 8.38. The van der Waals surface area contributed by atoms with E-state index in [-0.39, 0.29) is 17.4 Å². The second kappa shape index (κ2) is 5.87. The van der Waals surface area contributed by atoms with Gasteiger partial charge in [0, 0.05) is 18.2 Å². The Labute approximate surface area is 109 Å². The summed E-state index contributed by atoms with van der Waals surface area (Å²) in [5.41, 5.74) is 6.22. The SMILES string of the molecule is COc1cccc(C(=O)NC(CN)C(C)(C)C)c1. The maximum absolute atomic E-state index is 12.1. The van der Waals surface area contributed by atoms with Crippen LogP contribution in [0.4, 0.5) is 0 Å². The molecule has 1 atom stereocenters. The van der Waals surface area contributed by atoms with Crippen molar-refractivity contribution in [3.63, 3.8) is 0 Å². The van der Waals surface area contributed by atoms with Crippen molar-refractivity contribution in [2.24, 2.45) is 11.1 Å². The highest BCUT2D eigenvalue weighted by Crippen LogP contribution is 2.19. The number of carbonyl (C=O) groups excluding carboxylic acids is 1. The lowest BCUT2D eigenvalue weighted by molar-refractivity contribution is 0.0905. The lowest BCUT2D eigenvalue weighted by Gasteiger charge is -2.30. The first-order valence-corrected chi connectivity index (χ1v) is 6.03. The Morgan fingerprint density at radius 3 is 2.61 bits per heavy atom. The number of nitrogens with two attached hydrogens (primary N) is 1. The molecule has 0 aliphatic rings. The number of carbonyl (C=O) groups is 1. The van der Waals surface area contributed by atoms with Crippen molar-refractivity contribution in [3.8, 4) is 5.75 Å². The Kier molecular flexibility index (Phi) is 4.73. The molecule has 1 aromatic carbocycles. The molecule has 0 bridgehead atoms. The van der Waals surface area contributed by atoms with E-state index < -0.39 is 0 Å². The largest absolute Gasteiger partial charge is 0.497 e. The molecule has 0 fully saturated rings. The number of hydrogen-bond donors (Lipinski definition) is 2. The van der Waals surface area contributed by atoms with Crippen LogP contribution in [0.2, 0.25) is 0 Å². The molecule has 4 heteroatoms. The Balaban J connectivity index is 2.81. The summed E-state index contributed by atoms with van der Waals surface area (Å²) in [6, 6.07) is 7.01. The van der Waals surface area contributed by atoms with Crippen LogP contribution in [0, 0.1) is 5.41 Å². The predicted molar refractivity (Wildman–Crippen MR) is 72.8 cm³/mol. The smallest absolute Gasteiger partial charge is 0.251 e. The van der Waals surface area contributed by atoms with Crippen molar-refractivity contribution >= 4 is 5.91 Å². The Hall–Kier alpha value is -1.55. The number of benzene rings is 1. The monoisotopic (exact) mass is 250 g/mol. The minimum Gasteiger partial charge on any atom is -0.497 e. The summed E-state index contributed by atoms with van der Waals surface area (Å²) < 4.78 is 5.10. The molecule has 0 spiro atoms. The number of nitrogens with one attached hydrogen (secondary N) is 1. The van der Waals surface area contributed by atoms with Gasteiger partial charge in [-0.05, 0) is 23.6 Å². The van der Waals surface area contributed by atoms with Gasteiger partial charge < -0.3 is 15.8 Å². The number of rotatable bonds is 4. The molecule has 3 N–H and O–H groups in total. The Morgan fingerprint density at radius 1 is 1.44 bits per heavy atom. The quantitative estimate of drug-likeness (QED) is 0.856. The zero-order chi connectivity index (χ0) is 13.8. The minimum absolute atomic E-state index is 0.0591. The zero-order valence-corrected chi connectivity index (χ0v) is 11.5. The third-order valence-corrected chi connectivity index (χ3v) is 2.92. The van der Waals surface area contributed by atoms with E-state index in [4.69, 9.17) is 10.5 Å². The van der Waals surface area contributed by atoms with Gasteiger partial charge in [-0.1, -0.05) is 26.8 Å². The fourth-order valence-electron chi connectivity index (χ4n) is 1.63. The van der Waals surface area contributed by atoms with Crippen LogP contribution in [-0.2, 0) is 0 Å². The van der Waals surface area contributed by atoms with E-state index in [0.29, 0.717) is 17.9 Å². The molecule has 0 radical (unpaired) electrons. The van der Waals surface area contributed by atoms with E-state index in [1.165, 1.54) is 0 Å². The van der Waals surface area contributed by atoms with E-state index in [2.05, 4.69) is 26.1 Å². The van der Waals surface area contributed by atoms with E-state index >= 15 is 0 Å². The van der Waals surface area contributed by atoms with Crippen LogP contribution in [0.3, 0.4) is 0 Å². The lowest BCUT2D eigenvalue weighted by atomic mass is 9.86. The molecule has 4 nitrogen and oxygen atoms in total. The van der Waals surface area contributed by atoms with Crippen molar-refractivity contribution in [1.29, 1.82) is 0 Å². The van der Waals surface area contributed by atoms with Gasteiger partial charge >= 0.3 is 0 Å². The number of hydrogen-bond acceptors (Lipinski definition) is 3. The maximum Gasteiger partial charge on any atom is 0.251 e. The van der Waals surface area contributed by atoms with Crippen LogP contribution >= 0.6 is 0 Å². The summed E-state index contributed by atoms with van der Waals surface area (Å²) in [5.74, 6) is 0.544. The average Bonchev–Trinajstić information content (AvgIpc) is 2.34. The Bertz CT molecular complexity index is 411. The summed E-state index contributed by atoms with van der Waals surface area (Å²) in [4.78, 5) is 12.1. The third kappa shape index (κ3) is 3.74. The molecule has 0 aliphatic heterocycles. The van der Waals surface area contributed by atoms with E-state index in [9.17, 15) is 4.79 Å². The van der Waals surface area contributed by atoms with Crippen LogP contribution in [-0.4, -0.2) is 25.6 Å². The van der Waals surface area contributed by atoms with Crippen molar-refractivity contribution in [3.05, 3.63) is 29.8 Å². The van der Waals surface area contributed by atoms with Crippen molar-refractivity contribution in [2.75, 3.05) is 13.7 Å². The molecule has 0 aliphatic carbocycles. The fourth-order valence-corrected chi connectivity index (χ4v) is 1.63. The number of methoxy groups -OCH3 is 1. The van der Waals surface area contributed by atoms with Crippen LogP contribution in [0.1, 0.15) is 31.1 Å². The van der Waals surface area contributed by atoms with Crippen LogP contribution < -0.4 is 15.8 Å². The normalized spacial score (nSPS) is 12.9. The maximum atomic E-state index is 12.1. The molecular formula is C14H22N2O2. The average molecular weight is 250 g/mol. The molecule has 0 saturated heterocycles. The topological polar surface area (TPSA) is 64.3 Å². The van der Waals surface area contributed by atoms with Gasteiger partial charge in [0.1, 0.15) is 5.75 Å². The van der Waals surface area contributed by atoms with Crippen molar-refractivity contribution in [2.45, 2.75) is 26.8 Å². The van der Waals surface area contributed by atoms with E-state index in [1.54, 1.807) is 31.4 Å². The predicted octanol–water partition coefficient (Wildman–Crippen LogP) is 1.80. The van der Waals surface area contributed by atoms with Crippen molar-refractivity contribution < 1.29 is 9.53 Å². The summed E-state index contributed by atoms with van der Waals surface area (Å²) >= 11 is 0. The van der Waals surface area contributed by atoms with Crippen LogP contribution in [0.5, 0.6) is 5.75 Å². The standard InChI is InChI=1S/C14H22N2O2/c1-14(2,3)12(9-15)16-13(17)10-6-5-7-11(8-10)18-4/h5-8,12H,9,15H2,1-4H3,(H,16,17). The molecule has 18 heavy (non-hydrogen) atoms. The highest BCUT2D eigenvalue weighted by atomic mass is 16.5. The van der Waals surface area contributed by atoms with Gasteiger partial charge in [-0.2, -0.15) is 0 Å². The van der Waals surface area contributed by atoms with Gasteiger partial charge in [0.05, 0.1) is 7.11 Å². The van der Waals surface area contributed by atoms with Crippen LogP contribution in [0.25, 0.3) is 0 Å². The van der Waals surface area contributed by atoms with Gasteiger partial charge in [0.2, 0.25) is 0 Å². The fraction of sp³-hybridized carbons (Fsp3) is 0.500. The molecule has 1 rings (SSSR count). The molecule has 1 unspecified atom stereocenters. The summed E-state index contributed by atoms with van der Waals surface area (Å²) in [6.07, 6.45) is 0. The highest BCUT2D eigenvalue weighted by Gasteiger charge is 2.25. The zero-order valence-electron chi connectivity index (χ0n) is 11.5. The Morgan fingerprint density at radius 2 is 2.11 bits per heavy atom. The second-order valence-corrected chi connectivity index (χ2v) is 5.36. The first-order valence-electron chi connectivity index (χ1n) is 6.03. The van der Waals surface area contributed by atoms with Crippen molar-refractivity contribution in [1.82, 2.24) is 5.32 Å². The molecule has 1 amide bonds. The summed E-state index contributed by atoms with van der Waals surface area (Å²) in [5, 5.41) is 2.95. The van der Waals surface area contributed by atoms with Gasteiger partial charge in [0.15, 0.2) is 0 Å². The minimum atomic E-state index is -0.126. The number of amides is 1. The summed E-state index contributed by atoms with van der Waals surface area (Å²) in [7, 11) is 1.58. The van der Waals surface area contributed by atoms with Gasteiger partial charge in [0.25, 0.3) is 5.91 Å². The third-order valence-electron chi connectivity index (χ3n) is 2.92. The highest BCUT2D eigenvalue weighted by molar-refractivity contribution is 5.94. The molecule has 0 aromatic heterocycles. The molecule has 0 heterocycles. The number of ether oxygens (including phenoxy) is 1.